The number of nitrogens with one attached hydrogen (secondary N) is 1. The number of rotatable bonds is 5. The van der Waals surface area contributed by atoms with Crippen LogP contribution in [0.25, 0.3) is 0 Å². The summed E-state index contributed by atoms with van der Waals surface area (Å²) in [5.41, 5.74) is 1.83. The van der Waals surface area contributed by atoms with Gasteiger partial charge in [-0.3, -0.25) is 9.69 Å². The zero-order valence-corrected chi connectivity index (χ0v) is 12.6. The third-order valence-corrected chi connectivity index (χ3v) is 4.04. The van der Waals surface area contributed by atoms with Crippen LogP contribution in [-0.4, -0.2) is 30.4 Å². The number of hydrogen-bond acceptors (Lipinski definition) is 3. The van der Waals surface area contributed by atoms with Crippen molar-refractivity contribution in [2.24, 2.45) is 5.92 Å². The molecular weight excluding hydrogens is 262 g/mol. The lowest BCUT2D eigenvalue weighted by atomic mass is 9.95. The maximum atomic E-state index is 11.9. The van der Waals surface area contributed by atoms with Gasteiger partial charge in [-0.1, -0.05) is 25.1 Å². The average molecular weight is 285 g/mol. The number of carbonyl (C=O) groups excluding carboxylic acids is 1. The first-order valence-electron chi connectivity index (χ1n) is 7.72. The van der Waals surface area contributed by atoms with Gasteiger partial charge in [0.05, 0.1) is 11.6 Å². The summed E-state index contributed by atoms with van der Waals surface area (Å²) in [7, 11) is 0. The largest absolute Gasteiger partial charge is 0.356 e. The molecule has 1 aliphatic heterocycles. The smallest absolute Gasteiger partial charge is 0.223 e. The van der Waals surface area contributed by atoms with Crippen LogP contribution in [0.3, 0.4) is 0 Å². The number of likely N-dealkylation sites (tertiary alicyclic amines) is 1. The Morgan fingerprint density at radius 2 is 2.10 bits per heavy atom. The Balaban J connectivity index is 1.84. The molecule has 0 saturated carbocycles. The van der Waals surface area contributed by atoms with Gasteiger partial charge in [0.15, 0.2) is 0 Å². The molecule has 1 aromatic carbocycles. The molecule has 0 spiro atoms. The number of nitriles is 1. The van der Waals surface area contributed by atoms with Crippen molar-refractivity contribution < 1.29 is 4.79 Å². The fraction of sp³-hybridized carbons (Fsp3) is 0.529. The summed E-state index contributed by atoms with van der Waals surface area (Å²) in [5.74, 6) is 0.355. The van der Waals surface area contributed by atoms with Gasteiger partial charge in [0, 0.05) is 19.0 Å². The molecular formula is C17H23N3O. The standard InChI is InChI=1S/C17H23N3O/c1-2-9-19-17(21)14-7-10-20(11-8-14)13-16-6-4-3-5-15(16)12-18/h3-6,14H,2,7-11,13H2,1H3,(H,19,21). The van der Waals surface area contributed by atoms with Crippen LogP contribution in [0, 0.1) is 17.2 Å². The van der Waals surface area contributed by atoms with Gasteiger partial charge in [-0.25, -0.2) is 0 Å². The molecule has 0 aromatic heterocycles. The number of amides is 1. The molecule has 21 heavy (non-hydrogen) atoms. The lowest BCUT2D eigenvalue weighted by Crippen LogP contribution is -2.40. The van der Waals surface area contributed by atoms with E-state index in [9.17, 15) is 4.79 Å². The monoisotopic (exact) mass is 285 g/mol. The van der Waals surface area contributed by atoms with E-state index in [1.54, 1.807) is 0 Å². The Morgan fingerprint density at radius 1 is 1.38 bits per heavy atom. The fourth-order valence-electron chi connectivity index (χ4n) is 2.75. The van der Waals surface area contributed by atoms with Crippen LogP contribution in [0.2, 0.25) is 0 Å². The zero-order chi connectivity index (χ0) is 15.1. The molecule has 4 nitrogen and oxygen atoms in total. The Bertz CT molecular complexity index is 513. The quantitative estimate of drug-likeness (QED) is 0.903. The minimum atomic E-state index is 0.152. The van der Waals surface area contributed by atoms with E-state index in [2.05, 4.69) is 23.2 Å². The number of hydrogen-bond donors (Lipinski definition) is 1. The van der Waals surface area contributed by atoms with Crippen molar-refractivity contribution in [2.45, 2.75) is 32.7 Å². The van der Waals surface area contributed by atoms with Gasteiger partial charge >= 0.3 is 0 Å². The van der Waals surface area contributed by atoms with Gasteiger partial charge in [0.2, 0.25) is 5.91 Å². The number of carbonyl (C=O) groups is 1. The van der Waals surface area contributed by atoms with Crippen molar-refractivity contribution in [2.75, 3.05) is 19.6 Å². The fourth-order valence-corrected chi connectivity index (χ4v) is 2.75. The second-order valence-corrected chi connectivity index (χ2v) is 5.61. The van der Waals surface area contributed by atoms with E-state index in [1.807, 2.05) is 24.3 Å². The zero-order valence-electron chi connectivity index (χ0n) is 12.6. The minimum Gasteiger partial charge on any atom is -0.356 e. The maximum absolute atomic E-state index is 11.9. The summed E-state index contributed by atoms with van der Waals surface area (Å²) in [6.45, 7) is 5.48. The molecule has 0 bridgehead atoms. The SMILES string of the molecule is CCCNC(=O)C1CCN(Cc2ccccc2C#N)CC1. The number of nitrogens with zero attached hydrogens (tertiary/aromatic N) is 2. The van der Waals surface area contributed by atoms with Gasteiger partial charge in [-0.15, -0.1) is 0 Å². The van der Waals surface area contributed by atoms with Gasteiger partial charge in [0.25, 0.3) is 0 Å². The Kier molecular flexibility index (Phi) is 5.77. The van der Waals surface area contributed by atoms with Crippen molar-refractivity contribution >= 4 is 5.91 Å². The molecule has 0 radical (unpaired) electrons. The summed E-state index contributed by atoms with van der Waals surface area (Å²) in [6.07, 6.45) is 2.80. The van der Waals surface area contributed by atoms with E-state index in [1.165, 1.54) is 0 Å². The third-order valence-electron chi connectivity index (χ3n) is 4.04. The second-order valence-electron chi connectivity index (χ2n) is 5.61. The molecule has 1 aliphatic rings. The molecule has 0 aliphatic carbocycles. The molecule has 1 saturated heterocycles. The predicted octanol–water partition coefficient (Wildman–Crippen LogP) is 2.30. The first-order chi connectivity index (χ1) is 10.2. The molecule has 0 unspecified atom stereocenters. The van der Waals surface area contributed by atoms with E-state index < -0.39 is 0 Å². The van der Waals surface area contributed by atoms with Gasteiger partial charge in [0.1, 0.15) is 0 Å². The summed E-state index contributed by atoms with van der Waals surface area (Å²) >= 11 is 0. The second kappa shape index (κ2) is 7.80. The third kappa shape index (κ3) is 4.30. The summed E-state index contributed by atoms with van der Waals surface area (Å²) < 4.78 is 0. The van der Waals surface area contributed by atoms with E-state index >= 15 is 0 Å². The Hall–Kier alpha value is -1.86. The molecule has 1 N–H and O–H groups in total. The van der Waals surface area contributed by atoms with Gasteiger partial charge in [-0.05, 0) is 44.0 Å². The molecule has 1 fully saturated rings. The number of piperidine rings is 1. The summed E-state index contributed by atoms with van der Waals surface area (Å²) in [4.78, 5) is 14.3. The predicted molar refractivity (Wildman–Crippen MR) is 82.5 cm³/mol. The average Bonchev–Trinajstić information content (AvgIpc) is 2.54. The summed E-state index contributed by atoms with van der Waals surface area (Å²) in [6, 6.07) is 9.99. The van der Waals surface area contributed by atoms with Crippen molar-refractivity contribution in [3.05, 3.63) is 35.4 Å². The van der Waals surface area contributed by atoms with Crippen LogP contribution in [0.1, 0.15) is 37.3 Å². The molecule has 2 rings (SSSR count). The Labute approximate surface area is 126 Å². The first-order valence-corrected chi connectivity index (χ1v) is 7.72. The molecule has 112 valence electrons. The van der Waals surface area contributed by atoms with Crippen LogP contribution in [0.15, 0.2) is 24.3 Å². The topological polar surface area (TPSA) is 56.1 Å². The lowest BCUT2D eigenvalue weighted by molar-refractivity contribution is -0.126. The van der Waals surface area contributed by atoms with E-state index in [-0.39, 0.29) is 11.8 Å². The van der Waals surface area contributed by atoms with Crippen molar-refractivity contribution in [1.29, 1.82) is 5.26 Å². The lowest BCUT2D eigenvalue weighted by Gasteiger charge is -2.31. The molecule has 0 atom stereocenters. The normalized spacial score (nSPS) is 16.4. The van der Waals surface area contributed by atoms with E-state index in [0.717, 1.165) is 56.6 Å². The van der Waals surface area contributed by atoms with Crippen molar-refractivity contribution in [3.8, 4) is 6.07 Å². The van der Waals surface area contributed by atoms with Crippen LogP contribution in [0.5, 0.6) is 0 Å². The van der Waals surface area contributed by atoms with E-state index in [0.29, 0.717) is 0 Å². The summed E-state index contributed by atoms with van der Waals surface area (Å²) in [5, 5.41) is 12.1. The highest BCUT2D eigenvalue weighted by atomic mass is 16.1. The van der Waals surface area contributed by atoms with Gasteiger partial charge in [-0.2, -0.15) is 5.26 Å². The van der Waals surface area contributed by atoms with Crippen molar-refractivity contribution in [3.63, 3.8) is 0 Å². The van der Waals surface area contributed by atoms with Gasteiger partial charge < -0.3 is 5.32 Å². The van der Waals surface area contributed by atoms with Crippen LogP contribution >= 0.6 is 0 Å². The van der Waals surface area contributed by atoms with E-state index in [4.69, 9.17) is 5.26 Å². The van der Waals surface area contributed by atoms with Crippen LogP contribution in [-0.2, 0) is 11.3 Å². The maximum Gasteiger partial charge on any atom is 0.223 e. The highest BCUT2D eigenvalue weighted by Crippen LogP contribution is 2.20. The van der Waals surface area contributed by atoms with Crippen LogP contribution in [0.4, 0.5) is 0 Å². The highest BCUT2D eigenvalue weighted by Gasteiger charge is 2.24. The molecule has 1 aromatic rings. The number of benzene rings is 1. The molecule has 1 amide bonds. The molecule has 1 heterocycles. The van der Waals surface area contributed by atoms with Crippen LogP contribution < -0.4 is 5.32 Å². The minimum absolute atomic E-state index is 0.152. The Morgan fingerprint density at radius 3 is 2.76 bits per heavy atom. The van der Waals surface area contributed by atoms with Crippen molar-refractivity contribution in [1.82, 2.24) is 10.2 Å². The first kappa shape index (κ1) is 15.5. The molecule has 4 heteroatoms. The highest BCUT2D eigenvalue weighted by molar-refractivity contribution is 5.78.